The standard InChI is InChI=1S/C13H18ClNO.ClH/c1-9-5-12(6-10(2)13(9)14)16-8-11-3-4-15-7-11;/h5-6,11,15H,3-4,7-8H2,1-2H3;1H. The highest BCUT2D eigenvalue weighted by Crippen LogP contribution is 2.26. The molecule has 1 atom stereocenters. The van der Waals surface area contributed by atoms with E-state index < -0.39 is 0 Å². The van der Waals surface area contributed by atoms with Crippen LogP contribution >= 0.6 is 24.0 Å². The van der Waals surface area contributed by atoms with E-state index in [1.807, 2.05) is 26.0 Å². The second-order valence-electron chi connectivity index (χ2n) is 4.54. The molecule has 1 aliphatic rings. The first-order chi connectivity index (χ1) is 7.66. The molecule has 1 N–H and O–H groups in total. The molecule has 2 nitrogen and oxygen atoms in total. The summed E-state index contributed by atoms with van der Waals surface area (Å²) in [6.45, 7) is 7.02. The molecule has 4 heteroatoms. The number of halogens is 2. The predicted octanol–water partition coefficient (Wildman–Crippen LogP) is 3.37. The summed E-state index contributed by atoms with van der Waals surface area (Å²) in [5.74, 6) is 1.59. The van der Waals surface area contributed by atoms with E-state index in [1.54, 1.807) is 0 Å². The summed E-state index contributed by atoms with van der Waals surface area (Å²) in [4.78, 5) is 0. The fourth-order valence-electron chi connectivity index (χ4n) is 2.06. The van der Waals surface area contributed by atoms with Crippen LogP contribution in [0.3, 0.4) is 0 Å². The molecule has 2 rings (SSSR count). The Balaban J connectivity index is 0.00000144. The van der Waals surface area contributed by atoms with Crippen LogP contribution in [-0.2, 0) is 0 Å². The normalized spacial score (nSPS) is 18.9. The first-order valence-corrected chi connectivity index (χ1v) is 6.15. The highest BCUT2D eigenvalue weighted by atomic mass is 35.5. The van der Waals surface area contributed by atoms with Gasteiger partial charge in [0.2, 0.25) is 0 Å². The van der Waals surface area contributed by atoms with Crippen molar-refractivity contribution in [3.63, 3.8) is 0 Å². The second kappa shape index (κ2) is 6.48. The summed E-state index contributed by atoms with van der Waals surface area (Å²) in [5, 5.41) is 4.18. The third-order valence-electron chi connectivity index (χ3n) is 3.06. The van der Waals surface area contributed by atoms with E-state index >= 15 is 0 Å². The van der Waals surface area contributed by atoms with Crippen LogP contribution in [0.5, 0.6) is 5.75 Å². The molecule has 1 heterocycles. The number of rotatable bonds is 3. The summed E-state index contributed by atoms with van der Waals surface area (Å²) in [7, 11) is 0. The van der Waals surface area contributed by atoms with E-state index in [2.05, 4.69) is 5.32 Å². The average Bonchev–Trinajstić information content (AvgIpc) is 2.75. The summed E-state index contributed by atoms with van der Waals surface area (Å²) < 4.78 is 5.81. The Hall–Kier alpha value is -0.440. The average molecular weight is 276 g/mol. The lowest BCUT2D eigenvalue weighted by Crippen LogP contribution is -2.15. The second-order valence-corrected chi connectivity index (χ2v) is 4.92. The molecular formula is C13H19Cl2NO. The van der Waals surface area contributed by atoms with Gasteiger partial charge >= 0.3 is 0 Å². The first kappa shape index (κ1) is 14.6. The van der Waals surface area contributed by atoms with Crippen molar-refractivity contribution in [2.24, 2.45) is 5.92 Å². The van der Waals surface area contributed by atoms with Crippen molar-refractivity contribution in [1.82, 2.24) is 5.32 Å². The Morgan fingerprint density at radius 1 is 1.35 bits per heavy atom. The van der Waals surface area contributed by atoms with E-state index in [4.69, 9.17) is 16.3 Å². The number of benzene rings is 1. The summed E-state index contributed by atoms with van der Waals surface area (Å²) >= 11 is 6.11. The molecular weight excluding hydrogens is 257 g/mol. The monoisotopic (exact) mass is 275 g/mol. The maximum atomic E-state index is 6.11. The fourth-order valence-corrected chi connectivity index (χ4v) is 2.17. The van der Waals surface area contributed by atoms with Gasteiger partial charge in [0.1, 0.15) is 5.75 Å². The zero-order valence-electron chi connectivity index (χ0n) is 10.3. The maximum absolute atomic E-state index is 6.11. The Kier molecular flexibility index (Phi) is 5.57. The van der Waals surface area contributed by atoms with Crippen molar-refractivity contribution >= 4 is 24.0 Å². The summed E-state index contributed by atoms with van der Waals surface area (Å²) in [5.41, 5.74) is 2.17. The van der Waals surface area contributed by atoms with E-state index in [0.29, 0.717) is 5.92 Å². The summed E-state index contributed by atoms with van der Waals surface area (Å²) in [6.07, 6.45) is 1.21. The van der Waals surface area contributed by atoms with E-state index in [0.717, 1.165) is 41.6 Å². The first-order valence-electron chi connectivity index (χ1n) is 5.77. The molecule has 96 valence electrons. The van der Waals surface area contributed by atoms with E-state index in [-0.39, 0.29) is 12.4 Å². The smallest absolute Gasteiger partial charge is 0.119 e. The predicted molar refractivity (Wildman–Crippen MR) is 74.6 cm³/mol. The van der Waals surface area contributed by atoms with Crippen molar-refractivity contribution < 1.29 is 4.74 Å². The molecule has 0 radical (unpaired) electrons. The quantitative estimate of drug-likeness (QED) is 0.914. The van der Waals surface area contributed by atoms with Crippen LogP contribution in [0.1, 0.15) is 17.5 Å². The third kappa shape index (κ3) is 3.77. The third-order valence-corrected chi connectivity index (χ3v) is 3.65. The SMILES string of the molecule is Cc1cc(OCC2CCNC2)cc(C)c1Cl.Cl. The van der Waals surface area contributed by atoms with E-state index in [1.165, 1.54) is 6.42 Å². The maximum Gasteiger partial charge on any atom is 0.119 e. The highest BCUT2D eigenvalue weighted by Gasteiger charge is 2.15. The van der Waals surface area contributed by atoms with Crippen LogP contribution in [0.4, 0.5) is 0 Å². The van der Waals surface area contributed by atoms with Crippen molar-refractivity contribution in [2.45, 2.75) is 20.3 Å². The van der Waals surface area contributed by atoms with Crippen molar-refractivity contribution in [2.75, 3.05) is 19.7 Å². The van der Waals surface area contributed by atoms with Crippen LogP contribution in [0.15, 0.2) is 12.1 Å². The lowest BCUT2D eigenvalue weighted by molar-refractivity contribution is 0.260. The largest absolute Gasteiger partial charge is 0.493 e. The zero-order valence-corrected chi connectivity index (χ0v) is 11.8. The zero-order chi connectivity index (χ0) is 11.5. The molecule has 1 aliphatic heterocycles. The number of hydrogen-bond donors (Lipinski definition) is 1. The lowest BCUT2D eigenvalue weighted by Gasteiger charge is -2.13. The van der Waals surface area contributed by atoms with Gasteiger partial charge in [0.15, 0.2) is 0 Å². The van der Waals surface area contributed by atoms with Gasteiger partial charge < -0.3 is 10.1 Å². The van der Waals surface area contributed by atoms with Gasteiger partial charge in [-0.05, 0) is 50.1 Å². The molecule has 0 spiro atoms. The van der Waals surface area contributed by atoms with Gasteiger partial charge in [0.05, 0.1) is 6.61 Å². The number of nitrogens with one attached hydrogen (secondary N) is 1. The van der Waals surface area contributed by atoms with Gasteiger partial charge in [-0.1, -0.05) is 11.6 Å². The number of ether oxygens (including phenoxy) is 1. The molecule has 0 bridgehead atoms. The Labute approximate surface area is 114 Å². The van der Waals surface area contributed by atoms with Crippen LogP contribution < -0.4 is 10.1 Å². The molecule has 1 fully saturated rings. The molecule has 0 saturated carbocycles. The molecule has 1 unspecified atom stereocenters. The van der Waals surface area contributed by atoms with Gasteiger partial charge in [-0.2, -0.15) is 0 Å². The van der Waals surface area contributed by atoms with E-state index in [9.17, 15) is 0 Å². The Bertz CT molecular complexity index is 353. The van der Waals surface area contributed by atoms with Crippen LogP contribution in [0.2, 0.25) is 5.02 Å². The summed E-state index contributed by atoms with van der Waals surface area (Å²) in [6, 6.07) is 4.02. The van der Waals surface area contributed by atoms with Crippen LogP contribution in [0.25, 0.3) is 0 Å². The van der Waals surface area contributed by atoms with Gasteiger partial charge in [-0.15, -0.1) is 12.4 Å². The van der Waals surface area contributed by atoms with Crippen molar-refractivity contribution in [1.29, 1.82) is 0 Å². The minimum Gasteiger partial charge on any atom is -0.493 e. The molecule has 0 aromatic heterocycles. The van der Waals surface area contributed by atoms with Gasteiger partial charge in [-0.3, -0.25) is 0 Å². The number of hydrogen-bond acceptors (Lipinski definition) is 2. The molecule has 1 aromatic carbocycles. The molecule has 0 amide bonds. The van der Waals surface area contributed by atoms with Gasteiger partial charge in [0.25, 0.3) is 0 Å². The topological polar surface area (TPSA) is 21.3 Å². The van der Waals surface area contributed by atoms with Gasteiger partial charge in [-0.25, -0.2) is 0 Å². The highest BCUT2D eigenvalue weighted by molar-refractivity contribution is 6.32. The minimum absolute atomic E-state index is 0. The fraction of sp³-hybridized carbons (Fsp3) is 0.538. The number of aryl methyl sites for hydroxylation is 2. The van der Waals surface area contributed by atoms with Crippen molar-refractivity contribution in [3.8, 4) is 5.75 Å². The van der Waals surface area contributed by atoms with Crippen molar-refractivity contribution in [3.05, 3.63) is 28.3 Å². The van der Waals surface area contributed by atoms with Crippen LogP contribution in [0, 0.1) is 19.8 Å². The molecule has 17 heavy (non-hydrogen) atoms. The van der Waals surface area contributed by atoms with Gasteiger partial charge in [0, 0.05) is 17.5 Å². The Morgan fingerprint density at radius 3 is 2.53 bits per heavy atom. The van der Waals surface area contributed by atoms with Crippen LogP contribution in [-0.4, -0.2) is 19.7 Å². The Morgan fingerprint density at radius 2 is 2.00 bits per heavy atom. The minimum atomic E-state index is 0. The lowest BCUT2D eigenvalue weighted by atomic mass is 10.1. The molecule has 0 aliphatic carbocycles. The molecule has 1 aromatic rings. The molecule has 1 saturated heterocycles.